The summed E-state index contributed by atoms with van der Waals surface area (Å²) in [4.78, 5) is 20.3. The van der Waals surface area contributed by atoms with Crippen LogP contribution < -0.4 is 5.32 Å². The third-order valence-corrected chi connectivity index (χ3v) is 4.04. The van der Waals surface area contributed by atoms with E-state index in [1.807, 2.05) is 42.2 Å². The minimum absolute atomic E-state index is 0.0549. The highest BCUT2D eigenvalue weighted by Crippen LogP contribution is 2.17. The fraction of sp³-hybridized carbons (Fsp3) is 0.200. The molecule has 0 aliphatic rings. The molecule has 0 atom stereocenters. The van der Waals surface area contributed by atoms with Gasteiger partial charge in [0.05, 0.1) is 11.9 Å². The number of benzene rings is 1. The second kappa shape index (κ2) is 5.88. The lowest BCUT2D eigenvalue weighted by atomic mass is 10.1. The summed E-state index contributed by atoms with van der Waals surface area (Å²) < 4.78 is 0. The normalized spacial score (nSPS) is 10.8. The Morgan fingerprint density at radius 2 is 2.25 bits per heavy atom. The van der Waals surface area contributed by atoms with Crippen molar-refractivity contribution < 1.29 is 4.79 Å². The number of aromatic amines is 1. The van der Waals surface area contributed by atoms with Gasteiger partial charge in [-0.25, -0.2) is 0 Å². The zero-order chi connectivity index (χ0) is 13.8. The molecule has 0 aliphatic carbocycles. The molecule has 0 bridgehead atoms. The van der Waals surface area contributed by atoms with Gasteiger partial charge in [-0.1, -0.05) is 18.2 Å². The minimum Gasteiger partial charge on any atom is -0.361 e. The first-order valence-electron chi connectivity index (χ1n) is 6.52. The van der Waals surface area contributed by atoms with Gasteiger partial charge >= 0.3 is 0 Å². The zero-order valence-electron chi connectivity index (χ0n) is 10.9. The van der Waals surface area contributed by atoms with Gasteiger partial charge in [-0.05, 0) is 11.6 Å². The number of H-pyrrole nitrogens is 1. The van der Waals surface area contributed by atoms with Gasteiger partial charge in [-0.15, -0.1) is 11.3 Å². The molecule has 0 fully saturated rings. The standard InChI is InChI=1S/C15H15N3OS/c19-15(17-6-5-12-9-16-10-20-12)7-11-8-18-14-4-2-1-3-13(11)14/h1-4,8-10,18H,5-7H2,(H,17,19). The molecule has 2 heterocycles. The van der Waals surface area contributed by atoms with Crippen molar-refractivity contribution in [3.05, 3.63) is 52.6 Å². The van der Waals surface area contributed by atoms with Crippen LogP contribution in [0.2, 0.25) is 0 Å². The van der Waals surface area contributed by atoms with Crippen LogP contribution in [-0.2, 0) is 17.6 Å². The molecule has 4 nitrogen and oxygen atoms in total. The average molecular weight is 285 g/mol. The third-order valence-electron chi connectivity index (χ3n) is 3.20. The highest BCUT2D eigenvalue weighted by atomic mass is 32.1. The number of thiazole rings is 1. The van der Waals surface area contributed by atoms with Crippen molar-refractivity contribution in [2.45, 2.75) is 12.8 Å². The summed E-state index contributed by atoms with van der Waals surface area (Å²) in [6, 6.07) is 8.02. The average Bonchev–Trinajstić information content (AvgIpc) is 3.09. The summed E-state index contributed by atoms with van der Waals surface area (Å²) in [6.07, 6.45) is 5.00. The Labute approximate surface area is 120 Å². The molecular weight excluding hydrogens is 270 g/mol. The molecule has 0 saturated heterocycles. The number of fused-ring (bicyclic) bond motifs is 1. The molecule has 0 saturated carbocycles. The fourth-order valence-electron chi connectivity index (χ4n) is 2.20. The second-order valence-electron chi connectivity index (χ2n) is 4.60. The van der Waals surface area contributed by atoms with Crippen LogP contribution in [0, 0.1) is 0 Å². The first kappa shape index (κ1) is 12.9. The van der Waals surface area contributed by atoms with Gasteiger partial charge in [0, 0.05) is 41.1 Å². The molecule has 5 heteroatoms. The maximum atomic E-state index is 11.9. The van der Waals surface area contributed by atoms with Gasteiger partial charge in [0.2, 0.25) is 5.91 Å². The van der Waals surface area contributed by atoms with E-state index in [1.54, 1.807) is 11.3 Å². The van der Waals surface area contributed by atoms with Crippen LogP contribution in [0.4, 0.5) is 0 Å². The van der Waals surface area contributed by atoms with Crippen LogP contribution in [0.15, 0.2) is 42.2 Å². The van der Waals surface area contributed by atoms with Crippen molar-refractivity contribution in [2.75, 3.05) is 6.54 Å². The smallest absolute Gasteiger partial charge is 0.224 e. The van der Waals surface area contributed by atoms with Crippen LogP contribution in [-0.4, -0.2) is 22.4 Å². The van der Waals surface area contributed by atoms with E-state index in [0.29, 0.717) is 13.0 Å². The highest BCUT2D eigenvalue weighted by Gasteiger charge is 2.08. The van der Waals surface area contributed by atoms with E-state index in [-0.39, 0.29) is 5.91 Å². The van der Waals surface area contributed by atoms with E-state index in [4.69, 9.17) is 0 Å². The molecule has 0 radical (unpaired) electrons. The molecule has 1 amide bonds. The quantitative estimate of drug-likeness (QED) is 0.757. The van der Waals surface area contributed by atoms with Crippen molar-refractivity contribution in [1.29, 1.82) is 0 Å². The van der Waals surface area contributed by atoms with E-state index in [0.717, 1.165) is 22.9 Å². The number of rotatable bonds is 5. The number of hydrogen-bond donors (Lipinski definition) is 2. The van der Waals surface area contributed by atoms with Crippen LogP contribution in [0.1, 0.15) is 10.4 Å². The maximum Gasteiger partial charge on any atom is 0.224 e. The van der Waals surface area contributed by atoms with Crippen molar-refractivity contribution in [3.8, 4) is 0 Å². The largest absolute Gasteiger partial charge is 0.361 e. The lowest BCUT2D eigenvalue weighted by molar-refractivity contribution is -0.120. The molecule has 102 valence electrons. The van der Waals surface area contributed by atoms with E-state index < -0.39 is 0 Å². The van der Waals surface area contributed by atoms with E-state index in [1.165, 1.54) is 4.88 Å². The van der Waals surface area contributed by atoms with Gasteiger partial charge in [0.25, 0.3) is 0 Å². The lowest BCUT2D eigenvalue weighted by Gasteiger charge is -2.03. The number of amides is 1. The minimum atomic E-state index is 0.0549. The van der Waals surface area contributed by atoms with Crippen molar-refractivity contribution in [2.24, 2.45) is 0 Å². The Bertz CT molecular complexity index is 703. The second-order valence-corrected chi connectivity index (χ2v) is 5.57. The van der Waals surface area contributed by atoms with Gasteiger partial charge in [-0.3, -0.25) is 9.78 Å². The number of nitrogens with one attached hydrogen (secondary N) is 2. The van der Waals surface area contributed by atoms with Crippen LogP contribution in [0.25, 0.3) is 10.9 Å². The van der Waals surface area contributed by atoms with Crippen LogP contribution in [0.5, 0.6) is 0 Å². The van der Waals surface area contributed by atoms with E-state index in [9.17, 15) is 4.79 Å². The summed E-state index contributed by atoms with van der Waals surface area (Å²) in [7, 11) is 0. The first-order valence-corrected chi connectivity index (χ1v) is 7.40. The maximum absolute atomic E-state index is 11.9. The van der Waals surface area contributed by atoms with Crippen LogP contribution >= 0.6 is 11.3 Å². The number of para-hydroxylation sites is 1. The Morgan fingerprint density at radius 1 is 1.35 bits per heavy atom. The SMILES string of the molecule is O=C(Cc1c[nH]c2ccccc12)NCCc1cncs1. The van der Waals surface area contributed by atoms with Crippen molar-refractivity contribution in [3.63, 3.8) is 0 Å². The zero-order valence-corrected chi connectivity index (χ0v) is 11.7. The lowest BCUT2D eigenvalue weighted by Crippen LogP contribution is -2.27. The summed E-state index contributed by atoms with van der Waals surface area (Å²) in [5.74, 6) is 0.0549. The summed E-state index contributed by atoms with van der Waals surface area (Å²) in [5, 5.41) is 4.07. The highest BCUT2D eigenvalue weighted by molar-refractivity contribution is 7.09. The molecule has 3 aromatic rings. The van der Waals surface area contributed by atoms with Crippen LogP contribution in [0.3, 0.4) is 0 Å². The molecule has 0 unspecified atom stereocenters. The summed E-state index contributed by atoms with van der Waals surface area (Å²) in [5.41, 5.74) is 3.92. The Balaban J connectivity index is 1.56. The number of hydrogen-bond acceptors (Lipinski definition) is 3. The fourth-order valence-corrected chi connectivity index (χ4v) is 2.80. The van der Waals surface area contributed by atoms with E-state index in [2.05, 4.69) is 15.3 Å². The Morgan fingerprint density at radius 3 is 3.10 bits per heavy atom. The molecule has 1 aromatic carbocycles. The van der Waals surface area contributed by atoms with Gasteiger partial charge < -0.3 is 10.3 Å². The molecule has 0 aliphatic heterocycles. The van der Waals surface area contributed by atoms with Gasteiger partial charge in [0.1, 0.15) is 0 Å². The molecule has 20 heavy (non-hydrogen) atoms. The van der Waals surface area contributed by atoms with Crippen molar-refractivity contribution >= 4 is 28.1 Å². The predicted octanol–water partition coefficient (Wildman–Crippen LogP) is 2.53. The summed E-state index contributed by atoms with van der Waals surface area (Å²) >= 11 is 1.61. The first-order chi connectivity index (χ1) is 9.83. The monoisotopic (exact) mass is 285 g/mol. The van der Waals surface area contributed by atoms with Crippen molar-refractivity contribution in [1.82, 2.24) is 15.3 Å². The molecule has 3 rings (SSSR count). The molecule has 0 spiro atoms. The number of aromatic nitrogens is 2. The number of carbonyl (C=O) groups excluding carboxylic acids is 1. The summed E-state index contributed by atoms with van der Waals surface area (Å²) in [6.45, 7) is 0.656. The number of nitrogens with zero attached hydrogens (tertiary/aromatic N) is 1. The topological polar surface area (TPSA) is 57.8 Å². The third kappa shape index (κ3) is 2.88. The molecular formula is C15H15N3OS. The van der Waals surface area contributed by atoms with Gasteiger partial charge in [-0.2, -0.15) is 0 Å². The van der Waals surface area contributed by atoms with E-state index >= 15 is 0 Å². The Hall–Kier alpha value is -2.14. The molecule has 2 N–H and O–H groups in total. The number of carbonyl (C=O) groups is 1. The predicted molar refractivity (Wildman–Crippen MR) is 80.8 cm³/mol. The Kier molecular flexibility index (Phi) is 3.78. The van der Waals surface area contributed by atoms with Gasteiger partial charge in [0.15, 0.2) is 0 Å². The molecule has 2 aromatic heterocycles.